The van der Waals surface area contributed by atoms with Crippen LogP contribution >= 0.6 is 30.5 Å². The maximum atomic E-state index is 15.2. The van der Waals surface area contributed by atoms with Crippen LogP contribution < -0.4 is 9.47 Å². The summed E-state index contributed by atoms with van der Waals surface area (Å²) >= 11 is -0.0684. The van der Waals surface area contributed by atoms with E-state index >= 15 is 8.78 Å². The van der Waals surface area contributed by atoms with Gasteiger partial charge in [-0.3, -0.25) is 4.55 Å². The summed E-state index contributed by atoms with van der Waals surface area (Å²) in [6.45, 7) is 0.0433. The van der Waals surface area contributed by atoms with Gasteiger partial charge in [-0.15, -0.1) is 4.33 Å². The predicted octanol–water partition coefficient (Wildman–Crippen LogP) is 6.95. The van der Waals surface area contributed by atoms with E-state index in [4.69, 9.17) is 5.26 Å². The molecule has 0 spiro atoms. The van der Waals surface area contributed by atoms with Crippen molar-refractivity contribution in [2.24, 2.45) is 0 Å². The molecule has 4 rings (SSSR count). The van der Waals surface area contributed by atoms with Crippen LogP contribution in [0.25, 0.3) is 11.1 Å². The standard InChI is InChI=1S/C22H18F10O8P2S2/c1-15(23)18(27,28)22(32,42)19(15,29)38-12-6-4-10(8-14(12)44(34,35)36)9-3-5-11(13(7-9)43-40-39-33)37-20(30)17(25,26)16(2,24)21(20,31)41/h3-8,33H,41-42H2,1-2H3,(H,34,35,36). The number of rotatable bonds is 9. The average molecular weight is 726 g/mol. The number of hydrogen-bond acceptors (Lipinski definition) is 8. The minimum Gasteiger partial charge on any atom is -0.450 e. The van der Waals surface area contributed by atoms with Crippen LogP contribution in [0.15, 0.2) is 46.2 Å². The van der Waals surface area contributed by atoms with Gasteiger partial charge in [-0.25, -0.2) is 22.8 Å². The number of ether oxygens (including phenoxy) is 2. The third-order valence-corrected chi connectivity index (χ3v) is 10.6. The van der Waals surface area contributed by atoms with E-state index in [0.717, 1.165) is 36.7 Å². The molecule has 0 radical (unpaired) electrons. The molecule has 2 aliphatic carbocycles. The molecule has 8 atom stereocenters. The van der Waals surface area contributed by atoms with Crippen molar-refractivity contribution in [1.82, 2.24) is 0 Å². The Morgan fingerprint density at radius 2 is 1.23 bits per heavy atom. The van der Waals surface area contributed by atoms with Crippen LogP contribution in [0.5, 0.6) is 11.5 Å². The van der Waals surface area contributed by atoms with E-state index in [2.05, 4.69) is 18.8 Å². The number of benzene rings is 2. The fourth-order valence-corrected chi connectivity index (χ4v) is 6.63. The molecule has 8 nitrogen and oxygen atoms in total. The third-order valence-electron chi connectivity index (χ3n) is 7.42. The lowest BCUT2D eigenvalue weighted by atomic mass is 9.70. The van der Waals surface area contributed by atoms with Crippen LogP contribution in [-0.2, 0) is 19.5 Å². The van der Waals surface area contributed by atoms with Gasteiger partial charge in [-0.2, -0.15) is 34.8 Å². The summed E-state index contributed by atoms with van der Waals surface area (Å²) < 4.78 is 192. The molecule has 0 amide bonds. The summed E-state index contributed by atoms with van der Waals surface area (Å²) in [6.07, 6.45) is 0. The van der Waals surface area contributed by atoms with Gasteiger partial charge in [0.1, 0.15) is 16.4 Å². The molecule has 2 aromatic carbocycles. The zero-order valence-corrected chi connectivity index (χ0v) is 25.5. The van der Waals surface area contributed by atoms with Gasteiger partial charge in [0.25, 0.3) is 15.5 Å². The van der Waals surface area contributed by atoms with Crippen molar-refractivity contribution in [3.63, 3.8) is 0 Å². The van der Waals surface area contributed by atoms with Gasteiger partial charge in [0.2, 0.25) is 16.7 Å². The molecular weight excluding hydrogens is 708 g/mol. The van der Waals surface area contributed by atoms with E-state index in [-0.39, 0.29) is 37.0 Å². The lowest BCUT2D eigenvalue weighted by Crippen LogP contribution is -2.86. The number of halogens is 10. The summed E-state index contributed by atoms with van der Waals surface area (Å²) in [5.41, 5.74) is -8.91. The summed E-state index contributed by atoms with van der Waals surface area (Å²) in [5, 5.41) is 3.47. The molecular formula is C22H18F10O8P2S2. The first-order valence-corrected chi connectivity index (χ1v) is 14.8. The van der Waals surface area contributed by atoms with Crippen LogP contribution in [0.2, 0.25) is 0 Å². The molecule has 0 aromatic heterocycles. The Bertz CT molecular complexity index is 1570. The van der Waals surface area contributed by atoms with Gasteiger partial charge in [0.05, 0.1) is 16.9 Å². The average Bonchev–Trinajstić information content (AvgIpc) is 2.90. The molecule has 2 saturated carbocycles. The van der Waals surface area contributed by atoms with Gasteiger partial charge in [-0.1, -0.05) is 35.7 Å². The van der Waals surface area contributed by atoms with Crippen molar-refractivity contribution in [2.75, 3.05) is 0 Å². The van der Waals surface area contributed by atoms with Gasteiger partial charge in [0.15, 0.2) is 0 Å². The lowest BCUT2D eigenvalue weighted by molar-refractivity contribution is -0.432. The van der Waals surface area contributed by atoms with E-state index in [1.54, 1.807) is 0 Å². The molecule has 2 aliphatic rings. The first kappa shape index (κ1) is 35.2. The first-order valence-electron chi connectivity index (χ1n) is 11.4. The SMILES string of the molecule is CC1(F)C(F)(F)C(F)(Oc2ccc(-c3ccc(OC4(F)C(C)(F)C(F)(F)C4(F)P)c(S(=O)(=O)O)c3)cc2SOOO)C1(F)P. The minimum absolute atomic E-state index is 0.0450. The Labute approximate surface area is 250 Å². The highest BCUT2D eigenvalue weighted by Crippen LogP contribution is 2.71. The highest BCUT2D eigenvalue weighted by molar-refractivity contribution is 7.94. The van der Waals surface area contributed by atoms with Gasteiger partial charge < -0.3 is 9.47 Å². The Hall–Kier alpha value is -1.66. The van der Waals surface area contributed by atoms with Crippen molar-refractivity contribution in [2.45, 2.75) is 69.4 Å². The second-order valence-electron chi connectivity index (χ2n) is 10.00. The van der Waals surface area contributed by atoms with E-state index in [1.807, 2.05) is 0 Å². The van der Waals surface area contributed by atoms with E-state index in [1.165, 1.54) is 0 Å². The van der Waals surface area contributed by atoms with Crippen molar-refractivity contribution in [3.05, 3.63) is 36.4 Å². The predicted molar refractivity (Wildman–Crippen MR) is 137 cm³/mol. The van der Waals surface area contributed by atoms with Crippen molar-refractivity contribution < 1.29 is 81.0 Å². The molecule has 44 heavy (non-hydrogen) atoms. The van der Waals surface area contributed by atoms with Crippen LogP contribution in [-0.4, -0.2) is 63.9 Å². The second-order valence-corrected chi connectivity index (χ2v) is 13.7. The smallest absolute Gasteiger partial charge is 0.356 e. The van der Waals surface area contributed by atoms with Gasteiger partial charge >= 0.3 is 23.6 Å². The van der Waals surface area contributed by atoms with Crippen LogP contribution in [0.3, 0.4) is 0 Å². The van der Waals surface area contributed by atoms with Crippen molar-refractivity contribution in [3.8, 4) is 22.6 Å². The molecule has 0 saturated heterocycles. The van der Waals surface area contributed by atoms with Crippen LogP contribution in [0, 0.1) is 0 Å². The van der Waals surface area contributed by atoms with Crippen LogP contribution in [0.4, 0.5) is 43.9 Å². The molecule has 22 heteroatoms. The summed E-state index contributed by atoms with van der Waals surface area (Å²) in [6, 6.07) is 4.24. The Kier molecular flexibility index (Phi) is 8.13. The van der Waals surface area contributed by atoms with E-state index in [0.29, 0.717) is 18.2 Å². The largest absolute Gasteiger partial charge is 0.450 e. The third kappa shape index (κ3) is 4.31. The molecule has 8 unspecified atom stereocenters. The molecule has 0 heterocycles. The topological polar surface area (TPSA) is 112 Å². The maximum Gasteiger partial charge on any atom is 0.356 e. The molecule has 246 valence electrons. The summed E-state index contributed by atoms with van der Waals surface area (Å²) in [5.74, 6) is -21.4. The monoisotopic (exact) mass is 726 g/mol. The van der Waals surface area contributed by atoms with Crippen molar-refractivity contribution in [1.29, 1.82) is 0 Å². The minimum atomic E-state index is -5.46. The fourth-order valence-electron chi connectivity index (χ4n) is 4.50. The van der Waals surface area contributed by atoms with Gasteiger partial charge in [0, 0.05) is 0 Å². The normalized spacial score (nSPS) is 37.5. The molecule has 2 fully saturated rings. The lowest BCUT2D eigenvalue weighted by Gasteiger charge is -2.58. The molecule has 0 aliphatic heterocycles. The van der Waals surface area contributed by atoms with E-state index in [9.17, 15) is 48.1 Å². The molecule has 0 bridgehead atoms. The Morgan fingerprint density at radius 3 is 1.70 bits per heavy atom. The summed E-state index contributed by atoms with van der Waals surface area (Å²) in [4.78, 5) is -2.00. The zero-order valence-electron chi connectivity index (χ0n) is 21.6. The zero-order chi connectivity index (χ0) is 33.7. The maximum absolute atomic E-state index is 15.2. The molecule has 2 N–H and O–H groups in total. The number of hydrogen-bond donors (Lipinski definition) is 2. The first-order chi connectivity index (χ1) is 19.7. The van der Waals surface area contributed by atoms with Gasteiger partial charge in [-0.05, 0) is 49.2 Å². The Morgan fingerprint density at radius 1 is 0.727 bits per heavy atom. The highest BCUT2D eigenvalue weighted by Gasteiger charge is 2.96. The number of alkyl halides is 10. The quantitative estimate of drug-likeness (QED) is 0.0709. The summed E-state index contributed by atoms with van der Waals surface area (Å²) in [7, 11) is -3.77. The Balaban J connectivity index is 1.76. The fraction of sp³-hybridized carbons (Fsp3) is 0.455. The highest BCUT2D eigenvalue weighted by atomic mass is 32.2. The van der Waals surface area contributed by atoms with Crippen LogP contribution in [0.1, 0.15) is 13.8 Å². The van der Waals surface area contributed by atoms with E-state index < -0.39 is 77.1 Å². The van der Waals surface area contributed by atoms with Crippen molar-refractivity contribution >= 4 is 40.6 Å². The molecule has 2 aromatic rings. The second kappa shape index (κ2) is 10.2.